The number of fused-ring (bicyclic) bond motifs is 1. The van der Waals surface area contributed by atoms with E-state index in [-0.39, 0.29) is 172 Å². The van der Waals surface area contributed by atoms with Crippen LogP contribution in [0.25, 0.3) is 0 Å². The third-order valence-corrected chi connectivity index (χ3v) is 26.3. The van der Waals surface area contributed by atoms with E-state index >= 15 is 0 Å². The fourth-order valence-electron chi connectivity index (χ4n) is 19.0. The maximum Gasteiger partial charge on any atom is 1.00 e. The van der Waals surface area contributed by atoms with Crippen LogP contribution in [-0.2, 0) is 81.2 Å². The summed E-state index contributed by atoms with van der Waals surface area (Å²) in [6.07, 6.45) is 0.821. The summed E-state index contributed by atoms with van der Waals surface area (Å²) in [5.41, 5.74) is -1.24. The number of nitrogens with zero attached hydrogens (tertiary/aromatic N) is 3. The first-order valence-corrected chi connectivity index (χ1v) is 46.4. The number of amides is 11. The van der Waals surface area contributed by atoms with Crippen LogP contribution in [0.2, 0.25) is 0 Å². The summed E-state index contributed by atoms with van der Waals surface area (Å²) in [6, 6.07) is -3.23. The number of hydrogen-bond donors (Lipinski definition) is 18. The van der Waals surface area contributed by atoms with E-state index in [2.05, 4.69) is 42.5 Å². The molecule has 0 radical (unpaired) electrons. The number of aliphatic hydroxyl groups excluding tert-OH is 10. The Morgan fingerprint density at radius 3 is 0.976 bits per heavy atom. The van der Waals surface area contributed by atoms with Gasteiger partial charge in [-0.15, -0.1) is 6.61 Å². The van der Waals surface area contributed by atoms with Crippen molar-refractivity contribution in [1.82, 2.24) is 57.2 Å². The zero-order chi connectivity index (χ0) is 91.7. The quantitative estimate of drug-likeness (QED) is 0.0200. The fraction of sp³-hybridized carbons (Fsp3) is 0.874. The molecule has 7 rings (SSSR count). The molecule has 0 aromatic carbocycles. The van der Waals surface area contributed by atoms with Crippen molar-refractivity contribution in [2.24, 2.45) is 34.5 Å². The van der Waals surface area contributed by atoms with Crippen molar-refractivity contribution in [2.45, 2.75) is 325 Å². The Labute approximate surface area is 768 Å². The minimum absolute atomic E-state index is 0. The second-order valence-corrected chi connectivity index (χ2v) is 35.8. The molecule has 0 spiro atoms. The molecular weight excluding hydrogens is 1670 g/mol. The van der Waals surface area contributed by atoms with Gasteiger partial charge in [-0.3, -0.25) is 52.7 Å². The monoisotopic (exact) mass is 1820 g/mol. The van der Waals surface area contributed by atoms with Gasteiger partial charge in [0, 0.05) is 171 Å². The van der Waals surface area contributed by atoms with Gasteiger partial charge in [-0.05, 0) is 169 Å². The number of carbonyl (C=O) groups is 11. The van der Waals surface area contributed by atoms with Crippen LogP contribution in [0, 0.1) is 34.5 Å². The predicted molar refractivity (Wildman–Crippen MR) is 452 cm³/mol. The standard InChI is InChI=1S/C87H150N11O28.Na/c1-56(104)93-74-80(118)77(115)63(50-99)124-83(74)121-43-19-12-23-66(107)88-35-15-4-8-22-69(110)92-53-87(34-29-70(111)91-38-18-7-11-28-73(114)98-48-59-46-86(54-102,55-103)47-60(59)49-98,61-30-39-96(40-31-61)71(112)26-9-5-16-36-89-67(108)24-13-20-44-122-84-75(94-57(2)105)81(119)78(116)64(51-100)125-84)62-32-41-97(42-33-62)72(113)27-10-6-17-37-90-68(109)25-14-21-45-123-85-76(95-58(3)106)82(120)79(117)65(52-101)126-85;/h59-65,74-85,99-102,115-120H,4-55H2,1-3H3,(H,88,107)(H,89,108)(H,90,109)(H,91,111)(H,92,110)(H,93,104)(H,94,105)(H,95,106);/q-1;+1/t59-,60-,63?,64?,65?,74?,75?,76?,77?,78?,79?,80?,81?,82?,83?,84?,85?,87?;/m1./s1. The molecule has 6 heterocycles. The summed E-state index contributed by atoms with van der Waals surface area (Å²) < 4.78 is 34.2. The number of carbonyl (C=O) groups excluding carboxylic acids is 11. The predicted octanol–water partition coefficient (Wildman–Crippen LogP) is -5.34. The molecule has 0 aromatic heterocycles. The Bertz CT molecular complexity index is 3190. The average molecular weight is 1820 g/mol. The van der Waals surface area contributed by atoms with Gasteiger partial charge in [0.2, 0.25) is 65.0 Å². The van der Waals surface area contributed by atoms with Crippen molar-refractivity contribution in [2.75, 3.05) is 125 Å². The first kappa shape index (κ1) is 110. The maximum absolute atomic E-state index is 14.2. The number of unbranched alkanes of at least 4 members (excludes halogenated alkanes) is 11. The van der Waals surface area contributed by atoms with Crippen molar-refractivity contribution in [3.8, 4) is 0 Å². The van der Waals surface area contributed by atoms with Crippen LogP contribution >= 0.6 is 0 Å². The molecule has 0 aromatic rings. The van der Waals surface area contributed by atoms with E-state index in [1.165, 1.54) is 20.8 Å². The van der Waals surface area contributed by atoms with Crippen molar-refractivity contribution in [1.29, 1.82) is 0 Å². The van der Waals surface area contributed by atoms with Gasteiger partial charge < -0.3 is 142 Å². The topological polar surface area (TPSA) is 574 Å². The zero-order valence-electron chi connectivity index (χ0n) is 75.4. The number of ether oxygens (including phenoxy) is 6. The molecule has 1 aliphatic carbocycles. The number of piperidine rings is 2. The third-order valence-electron chi connectivity index (χ3n) is 26.3. The summed E-state index contributed by atoms with van der Waals surface area (Å²) in [6.45, 7) is 6.73. The Kier molecular flexibility index (Phi) is 50.8. The minimum Gasteiger partial charge on any atom is -0.854 e. The Hall–Kier alpha value is -5.51. The molecule has 11 amide bonds. The molecule has 39 nitrogen and oxygen atoms in total. The Morgan fingerprint density at radius 2 is 0.677 bits per heavy atom. The number of nitrogens with one attached hydrogen (secondary N) is 8. The van der Waals surface area contributed by atoms with Crippen LogP contribution in [0.4, 0.5) is 0 Å². The number of likely N-dealkylation sites (tertiary alicyclic amines) is 3. The van der Waals surface area contributed by atoms with Gasteiger partial charge in [0.25, 0.3) is 0 Å². The minimum atomic E-state index is -1.45. The smallest absolute Gasteiger partial charge is 0.854 e. The summed E-state index contributed by atoms with van der Waals surface area (Å²) in [5.74, 6) is -1.82. The Morgan fingerprint density at radius 1 is 0.386 bits per heavy atom. The molecule has 6 saturated heterocycles. The second kappa shape index (κ2) is 58.5. The van der Waals surface area contributed by atoms with Crippen molar-refractivity contribution in [3.63, 3.8) is 0 Å². The van der Waals surface area contributed by atoms with Crippen LogP contribution in [0.5, 0.6) is 0 Å². The van der Waals surface area contributed by atoms with Gasteiger partial charge in [-0.1, -0.05) is 25.7 Å². The number of hydrogen-bond acceptors (Lipinski definition) is 28. The molecule has 15 unspecified atom stereocenters. The summed E-state index contributed by atoms with van der Waals surface area (Å²) >= 11 is 0. The van der Waals surface area contributed by atoms with Crippen LogP contribution in [0.3, 0.4) is 0 Å². The van der Waals surface area contributed by atoms with E-state index in [1.807, 2.05) is 14.7 Å². The fourth-order valence-corrected chi connectivity index (χ4v) is 19.0. The van der Waals surface area contributed by atoms with Crippen LogP contribution in [0.15, 0.2) is 0 Å². The van der Waals surface area contributed by atoms with Gasteiger partial charge in [0.15, 0.2) is 18.9 Å². The molecule has 17 atom stereocenters. The van der Waals surface area contributed by atoms with Crippen molar-refractivity contribution in [3.05, 3.63) is 0 Å². The van der Waals surface area contributed by atoms with E-state index in [0.717, 1.165) is 0 Å². The summed E-state index contributed by atoms with van der Waals surface area (Å²) in [5, 5.41) is 136. The van der Waals surface area contributed by atoms with Crippen LogP contribution in [0.1, 0.15) is 233 Å². The van der Waals surface area contributed by atoms with Crippen molar-refractivity contribution < 1.29 is 167 Å². The maximum atomic E-state index is 14.2. The second-order valence-electron chi connectivity index (χ2n) is 35.8. The molecule has 722 valence electrons. The first-order valence-electron chi connectivity index (χ1n) is 46.4. The zero-order valence-corrected chi connectivity index (χ0v) is 77.4. The number of rotatable bonds is 57. The van der Waals surface area contributed by atoms with Crippen molar-refractivity contribution >= 4 is 65.0 Å². The molecule has 40 heteroatoms. The molecule has 6 aliphatic heterocycles. The molecule has 7 aliphatic rings. The van der Waals surface area contributed by atoms with E-state index in [4.69, 9.17) is 28.4 Å². The molecule has 1 saturated carbocycles. The summed E-state index contributed by atoms with van der Waals surface area (Å²) in [4.78, 5) is 149. The van der Waals surface area contributed by atoms with Gasteiger partial charge in [-0.25, -0.2) is 0 Å². The Balaban J connectivity index is 0.0000249. The van der Waals surface area contributed by atoms with Gasteiger partial charge >= 0.3 is 29.6 Å². The van der Waals surface area contributed by atoms with Crippen LogP contribution < -0.4 is 77.2 Å². The van der Waals surface area contributed by atoms with E-state index in [1.54, 1.807) is 0 Å². The van der Waals surface area contributed by atoms with E-state index in [9.17, 15) is 109 Å². The first-order chi connectivity index (χ1) is 60.5. The van der Waals surface area contributed by atoms with Crippen LogP contribution in [-0.4, -0.2) is 348 Å². The summed E-state index contributed by atoms with van der Waals surface area (Å²) in [7, 11) is 0. The largest absolute Gasteiger partial charge is 1.00 e. The molecule has 127 heavy (non-hydrogen) atoms. The molecule has 18 N–H and O–H groups in total. The van der Waals surface area contributed by atoms with E-state index < -0.39 is 140 Å². The molecular formula is C87H150N11NaO28. The molecule has 0 bridgehead atoms. The number of aliphatic hydroxyl groups is 10. The molecule has 7 fully saturated rings. The van der Waals surface area contributed by atoms with Gasteiger partial charge in [0.05, 0.1) is 19.8 Å². The third kappa shape index (κ3) is 36.1. The SMILES string of the molecule is CC(=O)NC1C(OCCCCC(=O)NCCCCCC(=O)NCC(CCC(=O)NCCCCCC(=O)N2C[C@H]3CC(C[O-])(CO)C[C@@H]3C2)(C2CCN(C(=O)CCCCCNC(=O)CCCCOC3OC(CO)C(O)C(O)C3NC(C)=O)CC2)C2CCN(C(=O)CCCCCNC(=O)CCCCOC3OC(CO)C(O)C(O)C3NC(C)=O)CC2)OC(CO)C(O)C1O.[Na+]. The normalized spacial score (nSPS) is 27.1. The average Bonchev–Trinajstić information content (AvgIpc) is 1.51. The van der Waals surface area contributed by atoms with E-state index in [0.29, 0.717) is 245 Å². The van der Waals surface area contributed by atoms with Gasteiger partial charge in [0.1, 0.15) is 73.1 Å². The van der Waals surface area contributed by atoms with Gasteiger partial charge in [-0.2, -0.15) is 0 Å².